The van der Waals surface area contributed by atoms with E-state index >= 15 is 0 Å². The number of hydrogen-bond donors (Lipinski definition) is 1. The molecule has 102 valence electrons. The number of anilines is 1. The normalized spacial score (nSPS) is 11.6. The minimum absolute atomic E-state index is 0.508. The molecule has 2 heterocycles. The average molecular weight is 265 g/mol. The van der Waals surface area contributed by atoms with Crippen molar-refractivity contribution in [3.63, 3.8) is 0 Å². The maximum absolute atomic E-state index is 6.02. The standard InChI is InChI=1S/C17H19N3/c1-11(2)7-8-12-9-14-13-5-3-4-6-15(13)20-17(18)16(14)19-10-12/h3-6,9-11H,7-8H2,1-2H3,(H2,18,20). The van der Waals surface area contributed by atoms with Crippen LogP contribution in [0.4, 0.5) is 5.82 Å². The highest BCUT2D eigenvalue weighted by molar-refractivity contribution is 6.08. The lowest BCUT2D eigenvalue weighted by Crippen LogP contribution is -1.98. The second-order valence-electron chi connectivity index (χ2n) is 5.69. The molecule has 0 spiro atoms. The Morgan fingerprint density at radius 2 is 1.95 bits per heavy atom. The summed E-state index contributed by atoms with van der Waals surface area (Å²) >= 11 is 0. The van der Waals surface area contributed by atoms with E-state index in [2.05, 4.69) is 35.9 Å². The summed E-state index contributed by atoms with van der Waals surface area (Å²) in [6, 6.07) is 10.3. The topological polar surface area (TPSA) is 51.8 Å². The van der Waals surface area contributed by atoms with Gasteiger partial charge in [0.2, 0.25) is 0 Å². The van der Waals surface area contributed by atoms with Crippen LogP contribution in [-0.4, -0.2) is 9.97 Å². The molecule has 3 nitrogen and oxygen atoms in total. The molecule has 2 N–H and O–H groups in total. The third-order valence-electron chi connectivity index (χ3n) is 3.63. The Balaban J connectivity index is 2.18. The van der Waals surface area contributed by atoms with Crippen LogP contribution >= 0.6 is 0 Å². The number of benzene rings is 1. The van der Waals surface area contributed by atoms with Crippen molar-refractivity contribution in [2.24, 2.45) is 5.92 Å². The Labute approximate surface area is 118 Å². The van der Waals surface area contributed by atoms with E-state index in [0.717, 1.165) is 28.2 Å². The van der Waals surface area contributed by atoms with Crippen molar-refractivity contribution in [2.45, 2.75) is 26.7 Å². The predicted molar refractivity (Wildman–Crippen MR) is 84.6 cm³/mol. The lowest BCUT2D eigenvalue weighted by atomic mass is 10.0. The molecule has 0 aliphatic heterocycles. The quantitative estimate of drug-likeness (QED) is 0.729. The van der Waals surface area contributed by atoms with Crippen molar-refractivity contribution in [2.75, 3.05) is 5.73 Å². The number of rotatable bonds is 3. The van der Waals surface area contributed by atoms with Crippen molar-refractivity contribution < 1.29 is 0 Å². The van der Waals surface area contributed by atoms with Gasteiger partial charge in [-0.1, -0.05) is 32.0 Å². The van der Waals surface area contributed by atoms with Crippen LogP contribution in [0.2, 0.25) is 0 Å². The number of nitrogen functional groups attached to an aromatic ring is 1. The third kappa shape index (κ3) is 2.31. The van der Waals surface area contributed by atoms with Gasteiger partial charge in [-0.25, -0.2) is 4.98 Å². The van der Waals surface area contributed by atoms with E-state index in [0.29, 0.717) is 11.7 Å². The summed E-state index contributed by atoms with van der Waals surface area (Å²) in [5.41, 5.74) is 9.02. The van der Waals surface area contributed by atoms with Crippen LogP contribution in [0.15, 0.2) is 36.5 Å². The summed E-state index contributed by atoms with van der Waals surface area (Å²) in [5, 5.41) is 2.23. The largest absolute Gasteiger partial charge is 0.382 e. The number of para-hydroxylation sites is 1. The van der Waals surface area contributed by atoms with E-state index in [9.17, 15) is 0 Å². The molecule has 0 unspecified atom stereocenters. The first kappa shape index (κ1) is 12.9. The summed E-state index contributed by atoms with van der Waals surface area (Å²) in [6.45, 7) is 4.48. The highest BCUT2D eigenvalue weighted by Crippen LogP contribution is 2.27. The van der Waals surface area contributed by atoms with Crippen LogP contribution in [0.5, 0.6) is 0 Å². The van der Waals surface area contributed by atoms with Gasteiger partial charge in [0, 0.05) is 17.0 Å². The molecular formula is C17H19N3. The average Bonchev–Trinajstić information content (AvgIpc) is 2.45. The summed E-state index contributed by atoms with van der Waals surface area (Å²) in [7, 11) is 0. The minimum atomic E-state index is 0.508. The molecule has 3 rings (SSSR count). The van der Waals surface area contributed by atoms with E-state index in [-0.39, 0.29) is 0 Å². The molecule has 0 atom stereocenters. The zero-order valence-electron chi connectivity index (χ0n) is 11.9. The number of hydrogen-bond acceptors (Lipinski definition) is 3. The Kier molecular flexibility index (Phi) is 3.26. The molecule has 0 aliphatic rings. The molecule has 0 aliphatic carbocycles. The Morgan fingerprint density at radius 3 is 2.75 bits per heavy atom. The van der Waals surface area contributed by atoms with Gasteiger partial charge in [0.1, 0.15) is 5.52 Å². The van der Waals surface area contributed by atoms with Crippen LogP contribution in [0.25, 0.3) is 21.8 Å². The molecule has 0 saturated carbocycles. The molecule has 0 saturated heterocycles. The van der Waals surface area contributed by atoms with Crippen LogP contribution < -0.4 is 5.73 Å². The summed E-state index contributed by atoms with van der Waals surface area (Å²) in [5.74, 6) is 1.21. The van der Waals surface area contributed by atoms with Gasteiger partial charge in [-0.3, -0.25) is 4.98 Å². The van der Waals surface area contributed by atoms with Crippen LogP contribution in [-0.2, 0) is 6.42 Å². The number of pyridine rings is 2. The fourth-order valence-electron chi connectivity index (χ4n) is 2.49. The molecule has 2 aromatic heterocycles. The van der Waals surface area contributed by atoms with Crippen molar-refractivity contribution in [1.29, 1.82) is 0 Å². The van der Waals surface area contributed by atoms with Gasteiger partial charge in [-0.15, -0.1) is 0 Å². The van der Waals surface area contributed by atoms with Crippen molar-refractivity contribution in [1.82, 2.24) is 9.97 Å². The lowest BCUT2D eigenvalue weighted by molar-refractivity contribution is 0.586. The molecule has 3 heteroatoms. The molecule has 20 heavy (non-hydrogen) atoms. The maximum atomic E-state index is 6.02. The molecule has 0 amide bonds. The number of nitrogens with two attached hydrogens (primary N) is 1. The Bertz CT molecular complexity index is 763. The van der Waals surface area contributed by atoms with Crippen LogP contribution in [0.3, 0.4) is 0 Å². The number of aromatic nitrogens is 2. The monoisotopic (exact) mass is 265 g/mol. The van der Waals surface area contributed by atoms with Gasteiger partial charge in [0.05, 0.1) is 5.52 Å². The second-order valence-corrected chi connectivity index (χ2v) is 5.69. The van der Waals surface area contributed by atoms with Gasteiger partial charge in [0.15, 0.2) is 5.82 Å². The maximum Gasteiger partial charge on any atom is 0.150 e. The SMILES string of the molecule is CC(C)CCc1cnc2c(N)nc3ccccc3c2c1. The molecule has 1 aromatic carbocycles. The first-order valence-electron chi connectivity index (χ1n) is 7.08. The van der Waals surface area contributed by atoms with E-state index in [1.165, 1.54) is 12.0 Å². The van der Waals surface area contributed by atoms with Gasteiger partial charge in [-0.2, -0.15) is 0 Å². The van der Waals surface area contributed by atoms with E-state index in [4.69, 9.17) is 5.73 Å². The first-order valence-corrected chi connectivity index (χ1v) is 7.08. The molecule has 3 aromatic rings. The third-order valence-corrected chi connectivity index (χ3v) is 3.63. The van der Waals surface area contributed by atoms with Crippen molar-refractivity contribution in [3.05, 3.63) is 42.1 Å². The minimum Gasteiger partial charge on any atom is -0.382 e. The van der Waals surface area contributed by atoms with Gasteiger partial charge < -0.3 is 5.73 Å². The van der Waals surface area contributed by atoms with E-state index < -0.39 is 0 Å². The molecule has 0 radical (unpaired) electrons. The zero-order valence-corrected chi connectivity index (χ0v) is 11.9. The number of aryl methyl sites for hydroxylation is 1. The Hall–Kier alpha value is -2.16. The summed E-state index contributed by atoms with van der Waals surface area (Å²) in [4.78, 5) is 8.94. The lowest BCUT2D eigenvalue weighted by Gasteiger charge is -2.09. The fraction of sp³-hybridized carbons (Fsp3) is 0.294. The van der Waals surface area contributed by atoms with Gasteiger partial charge in [0.25, 0.3) is 0 Å². The molecule has 0 fully saturated rings. The van der Waals surface area contributed by atoms with Gasteiger partial charge >= 0.3 is 0 Å². The molecule has 0 bridgehead atoms. The smallest absolute Gasteiger partial charge is 0.150 e. The van der Waals surface area contributed by atoms with Crippen LogP contribution in [0, 0.1) is 5.92 Å². The number of nitrogens with zero attached hydrogens (tertiary/aromatic N) is 2. The molecular weight excluding hydrogens is 246 g/mol. The number of fused-ring (bicyclic) bond motifs is 3. The predicted octanol–water partition coefficient (Wildman–Crippen LogP) is 3.95. The highest BCUT2D eigenvalue weighted by Gasteiger charge is 2.08. The fourth-order valence-corrected chi connectivity index (χ4v) is 2.49. The first-order chi connectivity index (χ1) is 9.65. The zero-order chi connectivity index (χ0) is 14.1. The van der Waals surface area contributed by atoms with Crippen molar-refractivity contribution >= 4 is 27.6 Å². The van der Waals surface area contributed by atoms with E-state index in [1.807, 2.05) is 24.4 Å². The Morgan fingerprint density at radius 1 is 1.15 bits per heavy atom. The highest BCUT2D eigenvalue weighted by atomic mass is 14.9. The van der Waals surface area contributed by atoms with E-state index in [1.54, 1.807) is 0 Å². The summed E-state index contributed by atoms with van der Waals surface area (Å²) < 4.78 is 0. The summed E-state index contributed by atoms with van der Waals surface area (Å²) in [6.07, 6.45) is 4.15. The second kappa shape index (κ2) is 5.08. The van der Waals surface area contributed by atoms with Crippen LogP contribution in [0.1, 0.15) is 25.8 Å². The van der Waals surface area contributed by atoms with Gasteiger partial charge in [-0.05, 0) is 36.5 Å². The van der Waals surface area contributed by atoms with Crippen molar-refractivity contribution in [3.8, 4) is 0 Å².